The number of carbonyl (C=O) groups excluding carboxylic acids is 1. The zero-order chi connectivity index (χ0) is 20.7. The number of fused-ring (bicyclic) bond motifs is 2. The molecular formula is C23H19ClN4O2. The van der Waals surface area contributed by atoms with E-state index in [1.165, 1.54) is 0 Å². The van der Waals surface area contributed by atoms with Crippen molar-refractivity contribution in [3.05, 3.63) is 88.0 Å². The molecule has 5 rings (SSSR count). The molecule has 0 bridgehead atoms. The second-order valence-corrected chi connectivity index (χ2v) is 8.28. The lowest BCUT2D eigenvalue weighted by molar-refractivity contribution is 0.0560. The monoisotopic (exact) mass is 418 g/mol. The molecule has 1 spiro atoms. The lowest BCUT2D eigenvalue weighted by Crippen LogP contribution is -2.30. The number of ether oxygens (including phenoxy) is 1. The zero-order valence-corrected chi connectivity index (χ0v) is 17.0. The first-order valence-corrected chi connectivity index (χ1v) is 10.2. The van der Waals surface area contributed by atoms with Crippen LogP contribution >= 0.6 is 11.6 Å². The van der Waals surface area contributed by atoms with Gasteiger partial charge in [0.05, 0.1) is 36.7 Å². The van der Waals surface area contributed by atoms with Crippen LogP contribution in [0.15, 0.2) is 55.0 Å². The van der Waals surface area contributed by atoms with Crippen LogP contribution in [0, 0.1) is 11.3 Å². The van der Waals surface area contributed by atoms with Gasteiger partial charge in [0, 0.05) is 23.3 Å². The first kappa shape index (κ1) is 18.7. The van der Waals surface area contributed by atoms with Crippen LogP contribution in [0.5, 0.6) is 0 Å². The molecule has 2 heterocycles. The molecule has 0 radical (unpaired) electrons. The Labute approximate surface area is 179 Å². The number of carbonyl (C=O) groups is 1. The van der Waals surface area contributed by atoms with E-state index < -0.39 is 5.60 Å². The van der Waals surface area contributed by atoms with E-state index in [-0.39, 0.29) is 6.09 Å². The minimum absolute atomic E-state index is 0.302. The fourth-order valence-corrected chi connectivity index (χ4v) is 4.61. The topological polar surface area (TPSA) is 71.2 Å². The van der Waals surface area contributed by atoms with Gasteiger partial charge in [0.1, 0.15) is 0 Å². The Bertz CT molecular complexity index is 1160. The molecule has 1 fully saturated rings. The largest absolute Gasteiger partial charge is 0.436 e. The average molecular weight is 419 g/mol. The minimum atomic E-state index is -0.588. The smallest absolute Gasteiger partial charge is 0.411 e. The Morgan fingerprint density at radius 2 is 2.03 bits per heavy atom. The third-order valence-electron chi connectivity index (χ3n) is 5.93. The van der Waals surface area contributed by atoms with Gasteiger partial charge < -0.3 is 9.30 Å². The maximum absolute atomic E-state index is 12.7. The van der Waals surface area contributed by atoms with Crippen LogP contribution in [0.4, 0.5) is 4.79 Å². The predicted octanol–water partition coefficient (Wildman–Crippen LogP) is 4.25. The number of rotatable bonds is 4. The number of nitriles is 1. The number of benzene rings is 2. The molecule has 1 aliphatic heterocycles. The van der Waals surface area contributed by atoms with Crippen LogP contribution in [0.25, 0.3) is 0 Å². The van der Waals surface area contributed by atoms with Gasteiger partial charge in [-0.15, -0.1) is 0 Å². The second kappa shape index (κ2) is 7.19. The van der Waals surface area contributed by atoms with E-state index >= 15 is 0 Å². The van der Waals surface area contributed by atoms with Gasteiger partial charge in [0.25, 0.3) is 0 Å². The molecule has 1 atom stereocenters. The fraction of sp³-hybridized carbons (Fsp3) is 0.261. The standard InChI is InChI=1S/C23H19ClN4O2/c24-19-5-6-21-18(9-19)7-8-23(21)14-27(22(29)30-23)13-20-11-26-15-28(20)12-17-3-1-16(10-25)2-4-17/h1-6,9,11,15H,7-8,12-14H2. The highest BCUT2D eigenvalue weighted by molar-refractivity contribution is 6.30. The average Bonchev–Trinajstić information content (AvgIpc) is 3.41. The number of aryl methyl sites for hydroxylation is 1. The fourth-order valence-electron chi connectivity index (χ4n) is 4.41. The summed E-state index contributed by atoms with van der Waals surface area (Å²) in [6.45, 7) is 1.57. The van der Waals surface area contributed by atoms with Gasteiger partial charge in [-0.3, -0.25) is 4.90 Å². The molecule has 1 saturated heterocycles. The van der Waals surface area contributed by atoms with Crippen LogP contribution in [-0.4, -0.2) is 27.1 Å². The van der Waals surface area contributed by atoms with Crippen molar-refractivity contribution >= 4 is 17.7 Å². The molecule has 1 aliphatic carbocycles. The van der Waals surface area contributed by atoms with E-state index in [2.05, 4.69) is 11.1 Å². The Morgan fingerprint density at radius 1 is 1.20 bits per heavy atom. The summed E-state index contributed by atoms with van der Waals surface area (Å²) in [7, 11) is 0. The summed E-state index contributed by atoms with van der Waals surface area (Å²) < 4.78 is 7.92. The number of aromatic nitrogens is 2. The minimum Gasteiger partial charge on any atom is -0.436 e. The molecule has 0 N–H and O–H groups in total. The summed E-state index contributed by atoms with van der Waals surface area (Å²) in [6, 6.07) is 15.4. The van der Waals surface area contributed by atoms with E-state index in [9.17, 15) is 4.79 Å². The van der Waals surface area contributed by atoms with Crippen molar-refractivity contribution in [2.24, 2.45) is 0 Å². The molecule has 150 valence electrons. The summed E-state index contributed by atoms with van der Waals surface area (Å²) in [4.78, 5) is 18.7. The molecule has 2 aromatic carbocycles. The first-order chi connectivity index (χ1) is 14.6. The molecule has 1 amide bonds. The summed E-state index contributed by atoms with van der Waals surface area (Å²) >= 11 is 6.13. The van der Waals surface area contributed by atoms with Crippen LogP contribution in [0.3, 0.4) is 0 Å². The lowest BCUT2D eigenvalue weighted by atomic mass is 9.96. The van der Waals surface area contributed by atoms with Gasteiger partial charge in [0.15, 0.2) is 5.60 Å². The van der Waals surface area contributed by atoms with E-state index in [1.54, 1.807) is 29.6 Å². The van der Waals surface area contributed by atoms with Gasteiger partial charge in [-0.05, 0) is 48.2 Å². The molecule has 0 saturated carbocycles. The van der Waals surface area contributed by atoms with Gasteiger partial charge in [0.2, 0.25) is 0 Å². The second-order valence-electron chi connectivity index (χ2n) is 7.84. The molecule has 1 aromatic heterocycles. The van der Waals surface area contributed by atoms with E-state index in [4.69, 9.17) is 21.6 Å². The highest BCUT2D eigenvalue weighted by atomic mass is 35.5. The van der Waals surface area contributed by atoms with Crippen molar-refractivity contribution < 1.29 is 9.53 Å². The highest BCUT2D eigenvalue weighted by Gasteiger charge is 2.50. The molecule has 2 aliphatic rings. The summed E-state index contributed by atoms with van der Waals surface area (Å²) in [5.74, 6) is 0. The number of halogens is 1. The van der Waals surface area contributed by atoms with Crippen LogP contribution in [0.2, 0.25) is 5.02 Å². The summed E-state index contributed by atoms with van der Waals surface area (Å²) in [5, 5.41) is 9.66. The molecule has 30 heavy (non-hydrogen) atoms. The number of imidazole rings is 1. The summed E-state index contributed by atoms with van der Waals surface area (Å²) in [5.41, 5.74) is 4.26. The van der Waals surface area contributed by atoms with Crippen molar-refractivity contribution in [1.29, 1.82) is 5.26 Å². The van der Waals surface area contributed by atoms with Crippen molar-refractivity contribution in [2.45, 2.75) is 31.5 Å². The van der Waals surface area contributed by atoms with E-state index in [0.29, 0.717) is 30.2 Å². The Kier molecular flexibility index (Phi) is 4.48. The number of hydrogen-bond acceptors (Lipinski definition) is 4. The molecule has 6 nitrogen and oxygen atoms in total. The quantitative estimate of drug-likeness (QED) is 0.635. The maximum Gasteiger partial charge on any atom is 0.411 e. The van der Waals surface area contributed by atoms with Crippen molar-refractivity contribution in [3.63, 3.8) is 0 Å². The van der Waals surface area contributed by atoms with Gasteiger partial charge >= 0.3 is 6.09 Å². The zero-order valence-electron chi connectivity index (χ0n) is 16.2. The molecule has 3 aromatic rings. The molecule has 1 unspecified atom stereocenters. The Morgan fingerprint density at radius 3 is 2.83 bits per heavy atom. The van der Waals surface area contributed by atoms with Crippen molar-refractivity contribution in [1.82, 2.24) is 14.5 Å². The molecule has 7 heteroatoms. The third kappa shape index (κ3) is 3.21. The first-order valence-electron chi connectivity index (χ1n) is 9.81. The third-order valence-corrected chi connectivity index (χ3v) is 6.17. The van der Waals surface area contributed by atoms with Crippen molar-refractivity contribution in [3.8, 4) is 6.07 Å². The lowest BCUT2D eigenvalue weighted by Gasteiger charge is -2.22. The predicted molar refractivity (Wildman–Crippen MR) is 111 cm³/mol. The van der Waals surface area contributed by atoms with Crippen LogP contribution in [-0.2, 0) is 29.8 Å². The Balaban J connectivity index is 1.34. The Hall–Kier alpha value is -3.30. The van der Waals surface area contributed by atoms with Crippen molar-refractivity contribution in [2.75, 3.05) is 6.54 Å². The molecular weight excluding hydrogens is 400 g/mol. The number of nitrogens with zero attached hydrogens (tertiary/aromatic N) is 4. The number of hydrogen-bond donors (Lipinski definition) is 0. The normalized spacial score (nSPS) is 19.7. The van der Waals surface area contributed by atoms with Gasteiger partial charge in [-0.2, -0.15) is 5.26 Å². The van der Waals surface area contributed by atoms with Crippen LogP contribution < -0.4 is 0 Å². The van der Waals surface area contributed by atoms with Crippen LogP contribution in [0.1, 0.15) is 34.4 Å². The highest BCUT2D eigenvalue weighted by Crippen LogP contribution is 2.45. The maximum atomic E-state index is 12.7. The SMILES string of the molecule is N#Cc1ccc(Cn2cncc2CN2CC3(CCc4cc(Cl)ccc43)OC2=O)cc1. The summed E-state index contributed by atoms with van der Waals surface area (Å²) in [6.07, 6.45) is 4.87. The van der Waals surface area contributed by atoms with E-state index in [0.717, 1.165) is 35.2 Å². The van der Waals surface area contributed by atoms with Gasteiger partial charge in [-0.1, -0.05) is 29.8 Å². The number of amides is 1. The van der Waals surface area contributed by atoms with Gasteiger partial charge in [-0.25, -0.2) is 9.78 Å². The van der Waals surface area contributed by atoms with E-state index in [1.807, 2.05) is 34.9 Å².